The van der Waals surface area contributed by atoms with Gasteiger partial charge in [-0.15, -0.1) is 11.3 Å². The minimum Gasteiger partial charge on any atom is -0.369 e. The normalized spacial score (nSPS) is 22.6. The molecule has 0 aromatic carbocycles. The zero-order valence-corrected chi connectivity index (χ0v) is 14.3. The highest BCUT2D eigenvalue weighted by Crippen LogP contribution is 2.31. The Kier molecular flexibility index (Phi) is 4.72. The summed E-state index contributed by atoms with van der Waals surface area (Å²) in [7, 11) is 0. The molecule has 0 spiro atoms. The lowest BCUT2D eigenvalue weighted by Crippen LogP contribution is -2.52. The Morgan fingerprint density at radius 3 is 2.80 bits per heavy atom. The van der Waals surface area contributed by atoms with Crippen molar-refractivity contribution in [2.45, 2.75) is 65.8 Å². The van der Waals surface area contributed by atoms with Gasteiger partial charge in [0.25, 0.3) is 0 Å². The van der Waals surface area contributed by atoms with Crippen molar-refractivity contribution in [1.82, 2.24) is 10.3 Å². The van der Waals surface area contributed by atoms with Crippen LogP contribution in [0.5, 0.6) is 0 Å². The first-order valence-electron chi connectivity index (χ1n) is 7.39. The van der Waals surface area contributed by atoms with Crippen LogP contribution in [0.1, 0.15) is 45.2 Å². The Balaban J connectivity index is 2.10. The summed E-state index contributed by atoms with van der Waals surface area (Å²) in [6.07, 6.45) is 0.250. The lowest BCUT2D eigenvalue weighted by atomic mass is 10.1. The Bertz CT molecular complexity index is 456. The summed E-state index contributed by atoms with van der Waals surface area (Å²) in [6, 6.07) is 0.502. The van der Waals surface area contributed by atoms with E-state index in [1.54, 1.807) is 0 Å². The molecule has 0 aliphatic carbocycles. The molecule has 0 radical (unpaired) electrons. The molecule has 2 heterocycles. The van der Waals surface area contributed by atoms with Gasteiger partial charge >= 0.3 is 0 Å². The van der Waals surface area contributed by atoms with Gasteiger partial charge in [0.05, 0.1) is 17.4 Å². The number of nitrogens with one attached hydrogen (secondary N) is 1. The van der Waals surface area contributed by atoms with Crippen LogP contribution in [-0.4, -0.2) is 35.8 Å². The van der Waals surface area contributed by atoms with E-state index in [0.717, 1.165) is 30.5 Å². The minimum atomic E-state index is -0.104. The predicted molar refractivity (Wildman–Crippen MR) is 85.7 cm³/mol. The Morgan fingerprint density at radius 1 is 1.50 bits per heavy atom. The van der Waals surface area contributed by atoms with Gasteiger partial charge in [-0.2, -0.15) is 0 Å². The highest BCUT2D eigenvalue weighted by atomic mass is 32.1. The molecular weight excluding hydrogens is 270 g/mol. The quantitative estimate of drug-likeness (QED) is 0.927. The number of aryl methyl sites for hydroxylation is 1. The zero-order valence-electron chi connectivity index (χ0n) is 13.5. The van der Waals surface area contributed by atoms with E-state index < -0.39 is 0 Å². The fourth-order valence-corrected chi connectivity index (χ4v) is 3.63. The van der Waals surface area contributed by atoms with Crippen LogP contribution in [0.4, 0.5) is 5.13 Å². The number of ether oxygens (including phenoxy) is 1. The van der Waals surface area contributed by atoms with Crippen LogP contribution in [0, 0.1) is 6.92 Å². The van der Waals surface area contributed by atoms with Gasteiger partial charge in [0, 0.05) is 30.6 Å². The van der Waals surface area contributed by atoms with Crippen LogP contribution in [0.25, 0.3) is 0 Å². The fourth-order valence-electron chi connectivity index (χ4n) is 2.61. The maximum absolute atomic E-state index is 5.96. The molecule has 1 saturated heterocycles. The molecule has 5 heteroatoms. The molecule has 2 rings (SSSR count). The second-order valence-electron chi connectivity index (χ2n) is 6.61. The van der Waals surface area contributed by atoms with Gasteiger partial charge < -0.3 is 15.0 Å². The highest BCUT2D eigenvalue weighted by molar-refractivity contribution is 7.15. The molecule has 0 saturated carbocycles. The van der Waals surface area contributed by atoms with Crippen molar-refractivity contribution >= 4 is 16.5 Å². The number of thiazole rings is 1. The molecular formula is C15H27N3OS. The molecule has 0 amide bonds. The van der Waals surface area contributed by atoms with E-state index >= 15 is 0 Å². The second-order valence-corrected chi connectivity index (χ2v) is 7.67. The topological polar surface area (TPSA) is 37.4 Å². The molecule has 0 bridgehead atoms. The summed E-state index contributed by atoms with van der Waals surface area (Å²) in [5, 5.41) is 4.60. The first kappa shape index (κ1) is 15.7. The summed E-state index contributed by atoms with van der Waals surface area (Å²) in [4.78, 5) is 8.47. The summed E-state index contributed by atoms with van der Waals surface area (Å²) >= 11 is 1.81. The minimum absolute atomic E-state index is 0.104. The van der Waals surface area contributed by atoms with Crippen molar-refractivity contribution in [2.24, 2.45) is 0 Å². The maximum Gasteiger partial charge on any atom is 0.186 e. The standard InChI is InChI=1S/C15H27N3OS/c1-10(2)16-7-13-12(4)17-14(20-13)18-8-11(3)19-15(5,6)9-18/h10-11,16H,7-9H2,1-6H3. The van der Waals surface area contributed by atoms with Gasteiger partial charge in [-0.25, -0.2) is 4.98 Å². The van der Waals surface area contributed by atoms with Crippen LogP contribution in [-0.2, 0) is 11.3 Å². The van der Waals surface area contributed by atoms with E-state index in [-0.39, 0.29) is 11.7 Å². The molecule has 1 unspecified atom stereocenters. The van der Waals surface area contributed by atoms with Gasteiger partial charge in [0.2, 0.25) is 0 Å². The van der Waals surface area contributed by atoms with Gasteiger partial charge in [-0.1, -0.05) is 13.8 Å². The first-order chi connectivity index (χ1) is 9.27. The molecule has 4 nitrogen and oxygen atoms in total. The van der Waals surface area contributed by atoms with Crippen molar-refractivity contribution in [1.29, 1.82) is 0 Å². The fraction of sp³-hybridized carbons (Fsp3) is 0.800. The van der Waals surface area contributed by atoms with Crippen molar-refractivity contribution < 1.29 is 4.74 Å². The summed E-state index contributed by atoms with van der Waals surface area (Å²) < 4.78 is 5.96. The van der Waals surface area contributed by atoms with Gasteiger partial charge in [-0.3, -0.25) is 0 Å². The molecule has 20 heavy (non-hydrogen) atoms. The molecule has 1 aliphatic heterocycles. The third-order valence-electron chi connectivity index (χ3n) is 3.39. The van der Waals surface area contributed by atoms with Crippen LogP contribution in [0.2, 0.25) is 0 Å². The van der Waals surface area contributed by atoms with E-state index in [9.17, 15) is 0 Å². The zero-order chi connectivity index (χ0) is 14.9. The van der Waals surface area contributed by atoms with E-state index in [0.29, 0.717) is 6.04 Å². The van der Waals surface area contributed by atoms with Gasteiger partial charge in [0.15, 0.2) is 5.13 Å². The second kappa shape index (κ2) is 6.00. The predicted octanol–water partition coefficient (Wildman–Crippen LogP) is 2.95. The largest absolute Gasteiger partial charge is 0.369 e. The number of anilines is 1. The van der Waals surface area contributed by atoms with Crippen LogP contribution >= 0.6 is 11.3 Å². The lowest BCUT2D eigenvalue weighted by molar-refractivity contribution is -0.0749. The van der Waals surface area contributed by atoms with Gasteiger partial charge in [0.1, 0.15) is 0 Å². The van der Waals surface area contributed by atoms with E-state index in [1.165, 1.54) is 4.88 Å². The average molecular weight is 297 g/mol. The monoisotopic (exact) mass is 297 g/mol. The SMILES string of the molecule is Cc1nc(N2CC(C)OC(C)(C)C2)sc1CNC(C)C. The lowest BCUT2D eigenvalue weighted by Gasteiger charge is -2.41. The molecule has 1 aliphatic rings. The molecule has 1 N–H and O–H groups in total. The van der Waals surface area contributed by atoms with E-state index in [1.807, 2.05) is 11.3 Å². The highest BCUT2D eigenvalue weighted by Gasteiger charge is 2.32. The summed E-state index contributed by atoms with van der Waals surface area (Å²) in [6.45, 7) is 15.6. The van der Waals surface area contributed by atoms with Crippen molar-refractivity contribution in [2.75, 3.05) is 18.0 Å². The molecule has 1 atom stereocenters. The molecule has 1 aromatic heterocycles. The first-order valence-corrected chi connectivity index (χ1v) is 8.21. The number of morpholine rings is 1. The smallest absolute Gasteiger partial charge is 0.186 e. The number of hydrogen-bond donors (Lipinski definition) is 1. The van der Waals surface area contributed by atoms with E-state index in [2.05, 4.69) is 51.8 Å². The average Bonchev–Trinajstić information content (AvgIpc) is 2.65. The van der Waals surface area contributed by atoms with Crippen LogP contribution in [0.15, 0.2) is 0 Å². The van der Waals surface area contributed by atoms with Crippen molar-refractivity contribution in [3.63, 3.8) is 0 Å². The Hall–Kier alpha value is -0.650. The van der Waals surface area contributed by atoms with Crippen LogP contribution < -0.4 is 10.2 Å². The summed E-state index contributed by atoms with van der Waals surface area (Å²) in [5.41, 5.74) is 1.04. The molecule has 1 aromatic rings. The number of rotatable bonds is 4. The van der Waals surface area contributed by atoms with Gasteiger partial charge in [-0.05, 0) is 27.7 Å². The third kappa shape index (κ3) is 3.93. The number of aromatic nitrogens is 1. The Labute approximate surface area is 126 Å². The number of hydrogen-bond acceptors (Lipinski definition) is 5. The maximum atomic E-state index is 5.96. The van der Waals surface area contributed by atoms with E-state index in [4.69, 9.17) is 9.72 Å². The third-order valence-corrected chi connectivity index (χ3v) is 4.61. The molecule has 114 valence electrons. The number of nitrogens with zero attached hydrogens (tertiary/aromatic N) is 2. The summed E-state index contributed by atoms with van der Waals surface area (Å²) in [5.74, 6) is 0. The van der Waals surface area contributed by atoms with Crippen molar-refractivity contribution in [3.8, 4) is 0 Å². The Morgan fingerprint density at radius 2 is 2.20 bits per heavy atom. The van der Waals surface area contributed by atoms with Crippen LogP contribution in [0.3, 0.4) is 0 Å². The van der Waals surface area contributed by atoms with Crippen molar-refractivity contribution in [3.05, 3.63) is 10.6 Å². The molecule has 1 fully saturated rings.